The van der Waals surface area contributed by atoms with Crippen LogP contribution >= 0.6 is 0 Å². The monoisotopic (exact) mass is 266 g/mol. The van der Waals surface area contributed by atoms with Crippen LogP contribution in [0.2, 0.25) is 0 Å². The Labute approximate surface area is 114 Å². The lowest BCUT2D eigenvalue weighted by atomic mass is 10.1. The molecule has 2 aromatic carbocycles. The summed E-state index contributed by atoms with van der Waals surface area (Å²) in [5.41, 5.74) is 1.77. The second-order valence-electron chi connectivity index (χ2n) is 4.40. The molecular weight excluding hydrogens is 255 g/mol. The maximum atomic E-state index is 12.8. The van der Waals surface area contributed by atoms with E-state index in [1.54, 1.807) is 42.5 Å². The lowest BCUT2D eigenvalue weighted by Crippen LogP contribution is -2.04. The van der Waals surface area contributed by atoms with E-state index >= 15 is 0 Å². The molecule has 0 amide bonds. The summed E-state index contributed by atoms with van der Waals surface area (Å²) in [6.07, 6.45) is 4.86. The van der Waals surface area contributed by atoms with Gasteiger partial charge < -0.3 is 4.42 Å². The van der Waals surface area contributed by atoms with E-state index in [4.69, 9.17) is 4.42 Å². The average molecular weight is 266 g/mol. The normalized spacial score (nSPS) is 11.2. The minimum Gasteiger partial charge on any atom is -0.463 e. The summed E-state index contributed by atoms with van der Waals surface area (Å²) < 4.78 is 18.2. The molecule has 0 spiro atoms. The van der Waals surface area contributed by atoms with Gasteiger partial charge in [-0.3, -0.25) is 4.79 Å². The largest absolute Gasteiger partial charge is 0.463 e. The quantitative estimate of drug-likeness (QED) is 0.699. The molecule has 0 bridgehead atoms. The number of halogens is 1. The van der Waals surface area contributed by atoms with Crippen LogP contribution < -0.4 is 5.43 Å². The fraction of sp³-hybridized carbons (Fsp3) is 0. The molecule has 2 nitrogen and oxygen atoms in total. The van der Waals surface area contributed by atoms with Gasteiger partial charge in [0.05, 0.1) is 10.9 Å². The number of benzene rings is 2. The predicted octanol–water partition coefficient (Wildman–Crippen LogP) is 4.10. The van der Waals surface area contributed by atoms with Gasteiger partial charge in [0.15, 0.2) is 5.43 Å². The van der Waals surface area contributed by atoms with Crippen LogP contribution in [0, 0.1) is 5.82 Å². The van der Waals surface area contributed by atoms with Gasteiger partial charge in [0.2, 0.25) is 0 Å². The van der Waals surface area contributed by atoms with E-state index in [9.17, 15) is 9.18 Å². The number of hydrogen-bond acceptors (Lipinski definition) is 2. The molecule has 3 heteroatoms. The minimum atomic E-state index is -0.285. The fourth-order valence-electron chi connectivity index (χ4n) is 1.97. The fourth-order valence-corrected chi connectivity index (χ4v) is 1.97. The van der Waals surface area contributed by atoms with E-state index < -0.39 is 0 Å². The van der Waals surface area contributed by atoms with Gasteiger partial charge in [0.25, 0.3) is 0 Å². The first-order valence-electron chi connectivity index (χ1n) is 6.18. The highest BCUT2D eigenvalue weighted by Crippen LogP contribution is 2.12. The van der Waals surface area contributed by atoms with E-state index in [2.05, 4.69) is 0 Å². The molecule has 1 aromatic heterocycles. The summed E-state index contributed by atoms with van der Waals surface area (Å²) >= 11 is 0. The van der Waals surface area contributed by atoms with Gasteiger partial charge in [-0.1, -0.05) is 30.3 Å². The number of hydrogen-bond donors (Lipinski definition) is 0. The van der Waals surface area contributed by atoms with Crippen LogP contribution in [0.25, 0.3) is 23.1 Å². The van der Waals surface area contributed by atoms with Crippen molar-refractivity contribution < 1.29 is 8.81 Å². The van der Waals surface area contributed by atoms with Crippen molar-refractivity contribution in [1.82, 2.24) is 0 Å². The minimum absolute atomic E-state index is 0.0785. The van der Waals surface area contributed by atoms with Crippen molar-refractivity contribution in [3.05, 3.63) is 82.0 Å². The second-order valence-corrected chi connectivity index (χ2v) is 4.40. The lowest BCUT2D eigenvalue weighted by Gasteiger charge is -1.98. The summed E-state index contributed by atoms with van der Waals surface area (Å²) in [6, 6.07) is 13.2. The van der Waals surface area contributed by atoms with Gasteiger partial charge in [0, 0.05) is 0 Å². The third kappa shape index (κ3) is 2.38. The Balaban J connectivity index is 2.01. The van der Waals surface area contributed by atoms with Gasteiger partial charge in [0.1, 0.15) is 17.7 Å². The topological polar surface area (TPSA) is 30.2 Å². The molecule has 0 radical (unpaired) electrons. The lowest BCUT2D eigenvalue weighted by molar-refractivity contribution is 0.601. The van der Waals surface area contributed by atoms with Gasteiger partial charge in [-0.25, -0.2) is 4.39 Å². The Morgan fingerprint density at radius 2 is 1.70 bits per heavy atom. The zero-order valence-corrected chi connectivity index (χ0v) is 10.5. The van der Waals surface area contributed by atoms with E-state index in [0.717, 1.165) is 5.56 Å². The molecule has 0 fully saturated rings. The molecule has 20 heavy (non-hydrogen) atoms. The Morgan fingerprint density at radius 1 is 0.950 bits per heavy atom. The molecule has 0 atom stereocenters. The first-order valence-corrected chi connectivity index (χ1v) is 6.18. The van der Waals surface area contributed by atoms with Gasteiger partial charge in [-0.2, -0.15) is 0 Å². The summed E-state index contributed by atoms with van der Waals surface area (Å²) in [5, 5.41) is 0.550. The van der Waals surface area contributed by atoms with Crippen LogP contribution in [-0.4, -0.2) is 0 Å². The highest BCUT2D eigenvalue weighted by Gasteiger charge is 2.03. The van der Waals surface area contributed by atoms with Crippen molar-refractivity contribution in [3.8, 4) is 0 Å². The molecule has 3 rings (SSSR count). The molecule has 3 aromatic rings. The van der Waals surface area contributed by atoms with E-state index in [-0.39, 0.29) is 11.2 Å². The average Bonchev–Trinajstić information content (AvgIpc) is 2.49. The van der Waals surface area contributed by atoms with E-state index in [0.29, 0.717) is 16.5 Å². The summed E-state index contributed by atoms with van der Waals surface area (Å²) in [7, 11) is 0. The van der Waals surface area contributed by atoms with Crippen LogP contribution in [0.5, 0.6) is 0 Å². The first-order chi connectivity index (χ1) is 9.74. The second kappa shape index (κ2) is 5.13. The van der Waals surface area contributed by atoms with Gasteiger partial charge >= 0.3 is 0 Å². The van der Waals surface area contributed by atoms with Crippen LogP contribution in [0.15, 0.2) is 64.0 Å². The molecule has 0 unspecified atom stereocenters. The van der Waals surface area contributed by atoms with Crippen LogP contribution in [-0.2, 0) is 0 Å². The standard InChI is InChI=1S/C17H11FO2/c18-14-9-6-12(7-10-14)5-8-13-11-20-16-4-2-1-3-15(16)17(13)19/h1-11H/b8-5+. The highest BCUT2D eigenvalue weighted by atomic mass is 19.1. The molecule has 1 heterocycles. The van der Waals surface area contributed by atoms with E-state index in [1.807, 2.05) is 6.07 Å². The van der Waals surface area contributed by atoms with Gasteiger partial charge in [-0.05, 0) is 35.9 Å². The molecule has 0 aliphatic carbocycles. The third-order valence-electron chi connectivity index (χ3n) is 3.03. The van der Waals surface area contributed by atoms with Crippen molar-refractivity contribution >= 4 is 23.1 Å². The number of fused-ring (bicyclic) bond motifs is 1. The Morgan fingerprint density at radius 3 is 2.50 bits per heavy atom. The highest BCUT2D eigenvalue weighted by molar-refractivity contribution is 5.80. The molecule has 98 valence electrons. The summed E-state index contributed by atoms with van der Waals surface area (Å²) in [6.45, 7) is 0. The van der Waals surface area contributed by atoms with Gasteiger partial charge in [-0.15, -0.1) is 0 Å². The Kier molecular flexibility index (Phi) is 3.17. The molecule has 0 saturated carbocycles. The zero-order chi connectivity index (χ0) is 13.9. The zero-order valence-electron chi connectivity index (χ0n) is 10.5. The van der Waals surface area contributed by atoms with Crippen molar-refractivity contribution in [2.75, 3.05) is 0 Å². The maximum absolute atomic E-state index is 12.8. The van der Waals surface area contributed by atoms with Crippen LogP contribution in [0.4, 0.5) is 4.39 Å². The SMILES string of the molecule is O=c1c(/C=C/c2ccc(F)cc2)coc2ccccc12. The molecular formula is C17H11FO2. The molecule has 0 aliphatic rings. The van der Waals surface area contributed by atoms with Crippen molar-refractivity contribution in [1.29, 1.82) is 0 Å². The molecule has 0 N–H and O–H groups in total. The Bertz CT molecular complexity index is 829. The number of rotatable bonds is 2. The first kappa shape index (κ1) is 12.4. The summed E-state index contributed by atoms with van der Waals surface area (Å²) in [4.78, 5) is 12.2. The predicted molar refractivity (Wildman–Crippen MR) is 77.8 cm³/mol. The summed E-state index contributed by atoms with van der Waals surface area (Å²) in [5.74, 6) is -0.285. The third-order valence-corrected chi connectivity index (χ3v) is 3.03. The van der Waals surface area contributed by atoms with Crippen molar-refractivity contribution in [2.24, 2.45) is 0 Å². The number of para-hydroxylation sites is 1. The maximum Gasteiger partial charge on any atom is 0.199 e. The van der Waals surface area contributed by atoms with Crippen molar-refractivity contribution in [3.63, 3.8) is 0 Å². The smallest absolute Gasteiger partial charge is 0.199 e. The van der Waals surface area contributed by atoms with Crippen molar-refractivity contribution in [2.45, 2.75) is 0 Å². The van der Waals surface area contributed by atoms with Crippen LogP contribution in [0.1, 0.15) is 11.1 Å². The Hall–Kier alpha value is -2.68. The molecule has 0 saturated heterocycles. The molecule has 0 aliphatic heterocycles. The van der Waals surface area contributed by atoms with Crippen LogP contribution in [0.3, 0.4) is 0 Å². The van der Waals surface area contributed by atoms with E-state index in [1.165, 1.54) is 18.4 Å².